The van der Waals surface area contributed by atoms with Crippen LogP contribution in [0.5, 0.6) is 17.2 Å². The number of carbonyl (C=O) groups is 2. The third-order valence-corrected chi connectivity index (χ3v) is 3.78. The highest BCUT2D eigenvalue weighted by Gasteiger charge is 2.35. The van der Waals surface area contributed by atoms with Crippen molar-refractivity contribution in [1.82, 2.24) is 5.01 Å². The summed E-state index contributed by atoms with van der Waals surface area (Å²) in [6.07, 6.45) is 1.41. The van der Waals surface area contributed by atoms with Gasteiger partial charge in [-0.25, -0.2) is 0 Å². The van der Waals surface area contributed by atoms with Crippen molar-refractivity contribution in [3.8, 4) is 17.2 Å². The summed E-state index contributed by atoms with van der Waals surface area (Å²) in [6, 6.07) is 10.0. The van der Waals surface area contributed by atoms with Gasteiger partial charge in [0.05, 0.1) is 24.5 Å². The fraction of sp³-hybridized carbons (Fsp3) is 0.118. The molecule has 0 aromatic heterocycles. The zero-order valence-electron chi connectivity index (χ0n) is 12.7. The zero-order chi connectivity index (χ0) is 16.7. The van der Waals surface area contributed by atoms with Gasteiger partial charge in [-0.3, -0.25) is 9.59 Å². The third kappa shape index (κ3) is 2.10. The molecule has 2 heterocycles. The number of hydrogen-bond acceptors (Lipinski definition) is 6. The van der Waals surface area contributed by atoms with Gasteiger partial charge in [0, 0.05) is 5.56 Å². The number of benzene rings is 2. The van der Waals surface area contributed by atoms with E-state index in [2.05, 4.69) is 5.10 Å². The van der Waals surface area contributed by atoms with Crippen LogP contribution in [0.1, 0.15) is 26.3 Å². The first-order valence-electron chi connectivity index (χ1n) is 7.18. The Labute approximate surface area is 137 Å². The standard InChI is InChI=1S/C17H12N2O5/c1-22-13-6-10(7-14-15(13)24-9-23-14)8-18-19-16(20)11-4-2-3-5-12(11)17(19)21/h2-8H,9H2,1H3/b18-8-. The Morgan fingerprint density at radius 3 is 2.50 bits per heavy atom. The molecule has 0 saturated heterocycles. The fourth-order valence-electron chi connectivity index (χ4n) is 2.63. The first kappa shape index (κ1) is 14.3. The van der Waals surface area contributed by atoms with Crippen molar-refractivity contribution >= 4 is 18.0 Å². The van der Waals surface area contributed by atoms with Crippen molar-refractivity contribution in [3.05, 3.63) is 53.1 Å². The van der Waals surface area contributed by atoms with Crippen LogP contribution < -0.4 is 14.2 Å². The molecule has 24 heavy (non-hydrogen) atoms. The Hall–Kier alpha value is -3.35. The van der Waals surface area contributed by atoms with E-state index >= 15 is 0 Å². The summed E-state index contributed by atoms with van der Waals surface area (Å²) in [4.78, 5) is 24.5. The summed E-state index contributed by atoms with van der Waals surface area (Å²) in [7, 11) is 1.52. The number of amides is 2. The monoisotopic (exact) mass is 324 g/mol. The molecule has 2 aromatic carbocycles. The summed E-state index contributed by atoms with van der Waals surface area (Å²) in [5, 5.41) is 4.88. The van der Waals surface area contributed by atoms with Gasteiger partial charge >= 0.3 is 0 Å². The van der Waals surface area contributed by atoms with Gasteiger partial charge < -0.3 is 14.2 Å². The highest BCUT2D eigenvalue weighted by molar-refractivity contribution is 6.21. The second kappa shape index (κ2) is 5.38. The lowest BCUT2D eigenvalue weighted by molar-refractivity contribution is 0.0660. The van der Waals surface area contributed by atoms with Crippen molar-refractivity contribution in [2.24, 2.45) is 5.10 Å². The molecule has 7 nitrogen and oxygen atoms in total. The molecule has 0 fully saturated rings. The Morgan fingerprint density at radius 1 is 1.12 bits per heavy atom. The summed E-state index contributed by atoms with van der Waals surface area (Å²) in [5.74, 6) is 0.654. The number of fused-ring (bicyclic) bond motifs is 2. The minimum Gasteiger partial charge on any atom is -0.493 e. The number of methoxy groups -OCH3 is 1. The van der Waals surface area contributed by atoms with Crippen LogP contribution in [0.4, 0.5) is 0 Å². The Bertz CT molecular complexity index is 856. The van der Waals surface area contributed by atoms with Gasteiger partial charge in [0.1, 0.15) is 0 Å². The zero-order valence-corrected chi connectivity index (χ0v) is 12.7. The first-order chi connectivity index (χ1) is 11.7. The largest absolute Gasteiger partial charge is 0.493 e. The molecular formula is C17H12N2O5. The Balaban J connectivity index is 1.65. The smallest absolute Gasteiger partial charge is 0.282 e. The van der Waals surface area contributed by atoms with Gasteiger partial charge in [-0.2, -0.15) is 10.1 Å². The number of imide groups is 1. The van der Waals surface area contributed by atoms with E-state index in [9.17, 15) is 9.59 Å². The molecule has 0 N–H and O–H groups in total. The second-order valence-electron chi connectivity index (χ2n) is 5.17. The van der Waals surface area contributed by atoms with E-state index in [1.54, 1.807) is 36.4 Å². The highest BCUT2D eigenvalue weighted by Crippen LogP contribution is 2.41. The number of rotatable bonds is 3. The molecule has 0 aliphatic carbocycles. The average Bonchev–Trinajstić information content (AvgIpc) is 3.17. The molecule has 0 saturated carbocycles. The summed E-state index contributed by atoms with van der Waals surface area (Å²) >= 11 is 0. The van der Waals surface area contributed by atoms with E-state index in [1.807, 2.05) is 0 Å². The van der Waals surface area contributed by atoms with Crippen molar-refractivity contribution < 1.29 is 23.8 Å². The van der Waals surface area contributed by atoms with Gasteiger partial charge in [-0.1, -0.05) is 12.1 Å². The van der Waals surface area contributed by atoms with Crippen LogP contribution in [-0.4, -0.2) is 36.9 Å². The topological polar surface area (TPSA) is 77.4 Å². The van der Waals surface area contributed by atoms with Crippen molar-refractivity contribution in [3.63, 3.8) is 0 Å². The lowest BCUT2D eigenvalue weighted by Gasteiger charge is -2.07. The van der Waals surface area contributed by atoms with E-state index in [0.29, 0.717) is 33.9 Å². The second-order valence-corrected chi connectivity index (χ2v) is 5.17. The van der Waals surface area contributed by atoms with Crippen LogP contribution in [0, 0.1) is 0 Å². The van der Waals surface area contributed by atoms with Crippen LogP contribution in [0.25, 0.3) is 0 Å². The van der Waals surface area contributed by atoms with Gasteiger partial charge in [0.15, 0.2) is 11.5 Å². The number of carbonyl (C=O) groups excluding carboxylic acids is 2. The van der Waals surface area contributed by atoms with E-state index < -0.39 is 11.8 Å². The molecule has 7 heteroatoms. The maximum absolute atomic E-state index is 12.3. The molecule has 4 rings (SSSR count). The van der Waals surface area contributed by atoms with Gasteiger partial charge in [0.2, 0.25) is 12.5 Å². The Kier molecular flexibility index (Phi) is 3.19. The molecule has 0 spiro atoms. The average molecular weight is 324 g/mol. The van der Waals surface area contributed by atoms with E-state index in [-0.39, 0.29) is 6.79 Å². The van der Waals surface area contributed by atoms with Crippen molar-refractivity contribution in [2.45, 2.75) is 0 Å². The predicted octanol–water partition coefficient (Wildman–Crippen LogP) is 2.05. The number of nitrogens with zero attached hydrogens (tertiary/aromatic N) is 2. The molecule has 120 valence electrons. The SMILES string of the molecule is COc1cc(/C=N\N2C(=O)c3ccccc3C2=O)cc2c1OCO2. The summed E-state index contributed by atoms with van der Waals surface area (Å²) in [6.45, 7) is 0.116. The number of hydrazone groups is 1. The normalized spacial score (nSPS) is 15.3. The van der Waals surface area contributed by atoms with Crippen LogP contribution in [0.3, 0.4) is 0 Å². The maximum Gasteiger partial charge on any atom is 0.282 e. The summed E-state index contributed by atoms with van der Waals surface area (Å²) in [5.41, 5.74) is 1.32. The maximum atomic E-state index is 12.3. The molecule has 2 amide bonds. The van der Waals surface area contributed by atoms with Crippen LogP contribution >= 0.6 is 0 Å². The van der Waals surface area contributed by atoms with Gasteiger partial charge in [-0.05, 0) is 24.3 Å². The lowest BCUT2D eigenvalue weighted by Crippen LogP contribution is -2.23. The fourth-order valence-corrected chi connectivity index (χ4v) is 2.63. The molecule has 0 radical (unpaired) electrons. The summed E-state index contributed by atoms with van der Waals surface area (Å²) < 4.78 is 15.9. The lowest BCUT2D eigenvalue weighted by atomic mass is 10.1. The third-order valence-electron chi connectivity index (χ3n) is 3.78. The van der Waals surface area contributed by atoms with E-state index in [1.165, 1.54) is 13.3 Å². The minimum atomic E-state index is -0.445. The van der Waals surface area contributed by atoms with Crippen molar-refractivity contribution in [1.29, 1.82) is 0 Å². The minimum absolute atomic E-state index is 0.116. The molecule has 2 aromatic rings. The highest BCUT2D eigenvalue weighted by atomic mass is 16.7. The quantitative estimate of drug-likeness (QED) is 0.638. The Morgan fingerprint density at radius 2 is 1.83 bits per heavy atom. The predicted molar refractivity (Wildman–Crippen MR) is 83.7 cm³/mol. The molecular weight excluding hydrogens is 312 g/mol. The van der Waals surface area contributed by atoms with Crippen LogP contribution in [0.15, 0.2) is 41.5 Å². The number of ether oxygens (including phenoxy) is 3. The molecule has 0 atom stereocenters. The van der Waals surface area contributed by atoms with Crippen LogP contribution in [0.2, 0.25) is 0 Å². The molecule has 2 aliphatic rings. The van der Waals surface area contributed by atoms with Gasteiger partial charge in [-0.15, -0.1) is 0 Å². The number of hydrogen-bond donors (Lipinski definition) is 0. The molecule has 0 bridgehead atoms. The van der Waals surface area contributed by atoms with Gasteiger partial charge in [0.25, 0.3) is 11.8 Å². The van der Waals surface area contributed by atoms with Crippen molar-refractivity contribution in [2.75, 3.05) is 13.9 Å². The van der Waals surface area contributed by atoms with E-state index in [0.717, 1.165) is 5.01 Å². The first-order valence-corrected chi connectivity index (χ1v) is 7.18. The molecule has 2 aliphatic heterocycles. The van der Waals surface area contributed by atoms with E-state index in [4.69, 9.17) is 14.2 Å². The molecule has 0 unspecified atom stereocenters. The van der Waals surface area contributed by atoms with Crippen LogP contribution in [-0.2, 0) is 0 Å².